The van der Waals surface area contributed by atoms with Crippen molar-refractivity contribution in [3.8, 4) is 0 Å². The maximum atomic E-state index is 14.0. The monoisotopic (exact) mass is 380 g/mol. The summed E-state index contributed by atoms with van der Waals surface area (Å²) in [5.41, 5.74) is 0. The van der Waals surface area contributed by atoms with Crippen LogP contribution < -0.4 is 5.32 Å². The normalized spacial score (nSPS) is 26.8. The van der Waals surface area contributed by atoms with E-state index < -0.39 is 26.6 Å². The van der Waals surface area contributed by atoms with E-state index in [1.807, 2.05) is 0 Å². The number of halogens is 3. The highest BCUT2D eigenvalue weighted by Crippen LogP contribution is 2.35. The molecule has 8 heteroatoms. The van der Waals surface area contributed by atoms with Gasteiger partial charge < -0.3 is 5.32 Å². The Morgan fingerprint density at radius 2 is 1.86 bits per heavy atom. The van der Waals surface area contributed by atoms with Gasteiger partial charge in [0.1, 0.15) is 16.5 Å². The predicted octanol–water partition coefficient (Wildman–Crippen LogP) is 2.24. The third kappa shape index (κ3) is 2.62. The first-order chi connectivity index (χ1) is 9.91. The van der Waals surface area contributed by atoms with Crippen LogP contribution in [0.3, 0.4) is 0 Å². The summed E-state index contributed by atoms with van der Waals surface area (Å²) in [6, 6.07) is 1.34. The van der Waals surface area contributed by atoms with E-state index in [1.54, 1.807) is 0 Å². The molecular weight excluding hydrogens is 366 g/mol. The molecule has 2 heterocycles. The largest absolute Gasteiger partial charge is 0.315 e. The molecule has 1 aromatic carbocycles. The summed E-state index contributed by atoms with van der Waals surface area (Å²) in [5, 5.41) is 3.20. The minimum absolute atomic E-state index is 0.0530. The highest BCUT2D eigenvalue weighted by Gasteiger charge is 2.44. The zero-order valence-electron chi connectivity index (χ0n) is 11.2. The van der Waals surface area contributed by atoms with Crippen LogP contribution in [0, 0.1) is 11.6 Å². The van der Waals surface area contributed by atoms with E-state index in [1.165, 1.54) is 4.31 Å². The molecular formula is C13H15BrF2N2O2S. The van der Waals surface area contributed by atoms with E-state index in [4.69, 9.17) is 0 Å². The standard InChI is InChI=1S/C13H15BrF2N2O2S/c14-10-5-13(12(16)6-11(10)15)21(19,20)18-8-1-2-9(18)7-17-4-3-8/h5-6,8-9,17H,1-4,7H2. The number of nitrogens with zero attached hydrogens (tertiary/aromatic N) is 1. The summed E-state index contributed by atoms with van der Waals surface area (Å²) in [5.74, 6) is -1.86. The van der Waals surface area contributed by atoms with Crippen LogP contribution >= 0.6 is 15.9 Å². The molecule has 2 saturated heterocycles. The van der Waals surface area contributed by atoms with E-state index >= 15 is 0 Å². The second-order valence-corrected chi connectivity index (χ2v) is 8.08. The lowest BCUT2D eigenvalue weighted by Crippen LogP contribution is -2.42. The van der Waals surface area contributed by atoms with Gasteiger partial charge in [0.25, 0.3) is 0 Å². The molecule has 1 aromatic rings. The summed E-state index contributed by atoms with van der Waals surface area (Å²) < 4.78 is 54.2. The van der Waals surface area contributed by atoms with E-state index in [-0.39, 0.29) is 16.6 Å². The Morgan fingerprint density at radius 3 is 2.62 bits per heavy atom. The topological polar surface area (TPSA) is 49.4 Å². The smallest absolute Gasteiger partial charge is 0.246 e. The lowest BCUT2D eigenvalue weighted by atomic mass is 10.1. The Bertz CT molecular complexity index is 654. The van der Waals surface area contributed by atoms with Crippen molar-refractivity contribution in [1.82, 2.24) is 9.62 Å². The second kappa shape index (κ2) is 5.57. The molecule has 2 unspecified atom stereocenters. The zero-order valence-corrected chi connectivity index (χ0v) is 13.6. The van der Waals surface area contributed by atoms with Gasteiger partial charge in [-0.05, 0) is 47.8 Å². The maximum Gasteiger partial charge on any atom is 0.246 e. The predicted molar refractivity (Wildman–Crippen MR) is 77.4 cm³/mol. The third-order valence-corrected chi connectivity index (χ3v) is 6.75. The van der Waals surface area contributed by atoms with Crippen LogP contribution in [-0.2, 0) is 10.0 Å². The molecule has 0 saturated carbocycles. The summed E-state index contributed by atoms with van der Waals surface area (Å²) in [4.78, 5) is -0.463. The van der Waals surface area contributed by atoms with Crippen molar-refractivity contribution in [1.29, 1.82) is 0 Å². The van der Waals surface area contributed by atoms with Gasteiger partial charge in [0, 0.05) is 24.7 Å². The fraction of sp³-hybridized carbons (Fsp3) is 0.538. The third-order valence-electron chi connectivity index (χ3n) is 4.12. The molecule has 0 radical (unpaired) electrons. The molecule has 0 aliphatic carbocycles. The SMILES string of the molecule is O=S(=O)(c1cc(Br)c(F)cc1F)N1C2CCNCC1CC2. The number of fused-ring (bicyclic) bond motifs is 2. The molecule has 2 atom stereocenters. The van der Waals surface area contributed by atoms with Crippen LogP contribution in [0.15, 0.2) is 21.5 Å². The van der Waals surface area contributed by atoms with Crippen molar-refractivity contribution >= 4 is 26.0 Å². The molecule has 1 N–H and O–H groups in total. The minimum Gasteiger partial charge on any atom is -0.315 e. The molecule has 116 valence electrons. The Morgan fingerprint density at radius 1 is 1.14 bits per heavy atom. The molecule has 2 aliphatic heterocycles. The number of rotatable bonds is 2. The van der Waals surface area contributed by atoms with Gasteiger partial charge in [-0.2, -0.15) is 4.31 Å². The van der Waals surface area contributed by atoms with Crippen molar-refractivity contribution in [2.75, 3.05) is 13.1 Å². The van der Waals surface area contributed by atoms with E-state index in [0.717, 1.165) is 25.5 Å². The van der Waals surface area contributed by atoms with Crippen LogP contribution in [0.2, 0.25) is 0 Å². The Labute approximate surface area is 130 Å². The number of benzene rings is 1. The lowest BCUT2D eigenvalue weighted by molar-refractivity contribution is 0.332. The summed E-state index contributed by atoms with van der Waals surface area (Å²) in [7, 11) is -3.97. The van der Waals surface area contributed by atoms with Gasteiger partial charge in [0.15, 0.2) is 0 Å². The first kappa shape index (κ1) is 15.3. The second-order valence-electron chi connectivity index (χ2n) is 5.41. The molecule has 2 fully saturated rings. The molecule has 0 spiro atoms. The molecule has 0 amide bonds. The van der Waals surface area contributed by atoms with Crippen molar-refractivity contribution in [2.45, 2.75) is 36.2 Å². The first-order valence-electron chi connectivity index (χ1n) is 6.80. The highest BCUT2D eigenvalue weighted by atomic mass is 79.9. The van der Waals surface area contributed by atoms with Gasteiger partial charge >= 0.3 is 0 Å². The van der Waals surface area contributed by atoms with Gasteiger partial charge in [-0.1, -0.05) is 0 Å². The number of nitrogens with one attached hydrogen (secondary N) is 1. The van der Waals surface area contributed by atoms with Crippen LogP contribution in [0.1, 0.15) is 19.3 Å². The maximum absolute atomic E-state index is 14.0. The quantitative estimate of drug-likeness (QED) is 0.800. The number of hydrogen-bond acceptors (Lipinski definition) is 3. The van der Waals surface area contributed by atoms with Gasteiger partial charge in [-0.3, -0.25) is 0 Å². The minimum atomic E-state index is -3.97. The molecule has 2 bridgehead atoms. The van der Waals surface area contributed by atoms with Gasteiger partial charge in [0.2, 0.25) is 10.0 Å². The molecule has 3 rings (SSSR count). The van der Waals surface area contributed by atoms with Crippen molar-refractivity contribution in [3.63, 3.8) is 0 Å². The van der Waals surface area contributed by atoms with E-state index in [2.05, 4.69) is 21.2 Å². The van der Waals surface area contributed by atoms with Crippen LogP contribution in [0.25, 0.3) is 0 Å². The average molecular weight is 381 g/mol. The Balaban J connectivity index is 2.06. The highest BCUT2D eigenvalue weighted by molar-refractivity contribution is 9.10. The van der Waals surface area contributed by atoms with E-state index in [9.17, 15) is 17.2 Å². The summed E-state index contributed by atoms with van der Waals surface area (Å²) in [6.45, 7) is 1.32. The van der Waals surface area contributed by atoms with Crippen molar-refractivity contribution < 1.29 is 17.2 Å². The van der Waals surface area contributed by atoms with Crippen molar-refractivity contribution in [2.24, 2.45) is 0 Å². The van der Waals surface area contributed by atoms with E-state index in [0.29, 0.717) is 19.0 Å². The Hall–Kier alpha value is -0.570. The van der Waals surface area contributed by atoms with Crippen LogP contribution in [0.5, 0.6) is 0 Å². The van der Waals surface area contributed by atoms with Crippen LogP contribution in [0.4, 0.5) is 8.78 Å². The molecule has 21 heavy (non-hydrogen) atoms. The molecule has 2 aliphatic rings. The van der Waals surface area contributed by atoms with Gasteiger partial charge in [-0.25, -0.2) is 17.2 Å². The Kier molecular flexibility index (Phi) is 4.06. The van der Waals surface area contributed by atoms with Gasteiger partial charge in [-0.15, -0.1) is 0 Å². The van der Waals surface area contributed by atoms with Gasteiger partial charge in [0.05, 0.1) is 4.47 Å². The first-order valence-corrected chi connectivity index (χ1v) is 9.03. The van der Waals surface area contributed by atoms with Crippen molar-refractivity contribution in [3.05, 3.63) is 28.2 Å². The zero-order chi connectivity index (χ0) is 15.2. The molecule has 0 aromatic heterocycles. The number of hydrogen-bond donors (Lipinski definition) is 1. The summed E-state index contributed by atoms with van der Waals surface area (Å²) in [6.07, 6.45) is 2.26. The summed E-state index contributed by atoms with van der Waals surface area (Å²) >= 11 is 2.92. The fourth-order valence-electron chi connectivity index (χ4n) is 3.15. The van der Waals surface area contributed by atoms with Crippen LogP contribution in [-0.4, -0.2) is 37.9 Å². The average Bonchev–Trinajstić information content (AvgIpc) is 2.68. The number of sulfonamides is 1. The lowest BCUT2D eigenvalue weighted by Gasteiger charge is -2.27. The molecule has 4 nitrogen and oxygen atoms in total. The fourth-order valence-corrected chi connectivity index (χ4v) is 5.62.